The Morgan fingerprint density at radius 3 is 2.55 bits per heavy atom. The number of nitrogens with one attached hydrogen (secondary N) is 1. The topological polar surface area (TPSA) is 68.5 Å². The van der Waals surface area contributed by atoms with Gasteiger partial charge < -0.3 is 14.5 Å². The monoisotopic (exact) mass is 387 g/mol. The number of aryl methyl sites for hydroxylation is 3. The van der Waals surface area contributed by atoms with Gasteiger partial charge in [0.05, 0.1) is 10.8 Å². The number of carbonyl (C=O) groups excluding carboxylic acids is 1. The first-order valence-electron chi connectivity index (χ1n) is 9.38. The zero-order valence-corrected chi connectivity index (χ0v) is 16.5. The lowest BCUT2D eigenvalue weighted by atomic mass is 10.1. The second-order valence-electron chi connectivity index (χ2n) is 7.20. The van der Waals surface area contributed by atoms with Crippen LogP contribution < -0.4 is 15.5 Å². The Hall–Kier alpha value is -3.60. The van der Waals surface area contributed by atoms with E-state index in [9.17, 15) is 9.59 Å². The van der Waals surface area contributed by atoms with Gasteiger partial charge in [0.1, 0.15) is 16.9 Å². The Morgan fingerprint density at radius 2 is 1.76 bits per heavy atom. The highest BCUT2D eigenvalue weighted by Crippen LogP contribution is 2.25. The highest BCUT2D eigenvalue weighted by molar-refractivity contribution is 5.96. The minimum absolute atomic E-state index is 0.0752. The minimum Gasteiger partial charge on any atom is -0.483 e. The molecule has 1 amide bonds. The lowest BCUT2D eigenvalue weighted by Gasteiger charge is -2.10. The van der Waals surface area contributed by atoms with E-state index in [1.54, 1.807) is 18.2 Å². The number of rotatable bonds is 4. The third-order valence-corrected chi connectivity index (χ3v) is 4.84. The van der Waals surface area contributed by atoms with Crippen LogP contribution in [0.25, 0.3) is 21.9 Å². The van der Waals surface area contributed by atoms with E-state index in [-0.39, 0.29) is 17.9 Å². The van der Waals surface area contributed by atoms with Crippen molar-refractivity contribution in [1.29, 1.82) is 0 Å². The summed E-state index contributed by atoms with van der Waals surface area (Å²) in [5, 5.41) is 3.84. The van der Waals surface area contributed by atoms with Crippen LogP contribution in [0.1, 0.15) is 16.7 Å². The van der Waals surface area contributed by atoms with Crippen molar-refractivity contribution in [2.75, 3.05) is 11.9 Å². The summed E-state index contributed by atoms with van der Waals surface area (Å²) in [5.41, 5.74) is 4.35. The number of para-hydroxylation sites is 1. The van der Waals surface area contributed by atoms with Crippen LogP contribution in [0.3, 0.4) is 0 Å². The molecule has 0 spiro atoms. The average molecular weight is 387 g/mol. The molecule has 4 rings (SSSR count). The Bertz CT molecular complexity index is 1300. The highest BCUT2D eigenvalue weighted by Gasteiger charge is 2.12. The summed E-state index contributed by atoms with van der Waals surface area (Å²) >= 11 is 0. The summed E-state index contributed by atoms with van der Waals surface area (Å²) < 4.78 is 11.6. The highest BCUT2D eigenvalue weighted by atomic mass is 16.5. The molecule has 1 heterocycles. The van der Waals surface area contributed by atoms with Gasteiger partial charge in [-0.1, -0.05) is 24.3 Å². The molecular formula is C24H21NO4. The van der Waals surface area contributed by atoms with Crippen molar-refractivity contribution in [2.45, 2.75) is 20.8 Å². The zero-order chi connectivity index (χ0) is 20.5. The van der Waals surface area contributed by atoms with E-state index in [1.165, 1.54) is 0 Å². The van der Waals surface area contributed by atoms with Gasteiger partial charge >= 0.3 is 0 Å². The fourth-order valence-electron chi connectivity index (χ4n) is 3.44. The SMILES string of the molecule is Cc1cc(C)c2oc3cc(NC(=O)COc4ccccc4C)ccc3c(=O)c2c1. The van der Waals surface area contributed by atoms with Crippen molar-refractivity contribution in [3.05, 3.63) is 81.5 Å². The Labute approximate surface area is 167 Å². The van der Waals surface area contributed by atoms with Crippen molar-refractivity contribution in [3.8, 4) is 5.75 Å². The van der Waals surface area contributed by atoms with Gasteiger partial charge in [-0.2, -0.15) is 0 Å². The Kier molecular flexibility index (Phi) is 4.80. The first kappa shape index (κ1) is 18.7. The normalized spacial score (nSPS) is 11.0. The third-order valence-electron chi connectivity index (χ3n) is 4.84. The second-order valence-corrected chi connectivity index (χ2v) is 7.20. The van der Waals surface area contributed by atoms with Crippen molar-refractivity contribution >= 4 is 33.5 Å². The molecule has 0 unspecified atom stereocenters. The number of ether oxygens (including phenoxy) is 1. The number of anilines is 1. The fourth-order valence-corrected chi connectivity index (χ4v) is 3.44. The van der Waals surface area contributed by atoms with Crippen LogP contribution in [-0.4, -0.2) is 12.5 Å². The van der Waals surface area contributed by atoms with Crippen LogP contribution in [-0.2, 0) is 4.79 Å². The fraction of sp³-hybridized carbons (Fsp3) is 0.167. The van der Waals surface area contributed by atoms with Crippen LogP contribution >= 0.6 is 0 Å². The maximum Gasteiger partial charge on any atom is 0.262 e. The molecule has 0 aliphatic rings. The maximum atomic E-state index is 12.8. The first-order chi connectivity index (χ1) is 13.9. The molecule has 1 aromatic heterocycles. The van der Waals surface area contributed by atoms with Gasteiger partial charge in [-0.3, -0.25) is 9.59 Å². The second kappa shape index (κ2) is 7.43. The van der Waals surface area contributed by atoms with Crippen LogP contribution in [0, 0.1) is 20.8 Å². The van der Waals surface area contributed by atoms with E-state index in [0.29, 0.717) is 33.4 Å². The zero-order valence-electron chi connectivity index (χ0n) is 16.5. The Morgan fingerprint density at radius 1 is 0.966 bits per heavy atom. The standard InChI is InChI=1S/C24H21NO4/c1-14-10-16(3)24-19(11-14)23(27)18-9-8-17(12-21(18)29-24)25-22(26)13-28-20-7-5-4-6-15(20)2/h4-12H,13H2,1-3H3,(H,25,26). The third kappa shape index (κ3) is 3.72. The van der Waals surface area contributed by atoms with Crippen molar-refractivity contribution in [3.63, 3.8) is 0 Å². The van der Waals surface area contributed by atoms with E-state index in [0.717, 1.165) is 16.7 Å². The predicted molar refractivity (Wildman–Crippen MR) is 115 cm³/mol. The van der Waals surface area contributed by atoms with E-state index < -0.39 is 0 Å². The first-order valence-corrected chi connectivity index (χ1v) is 9.38. The van der Waals surface area contributed by atoms with E-state index >= 15 is 0 Å². The molecule has 146 valence electrons. The van der Waals surface area contributed by atoms with Crippen LogP contribution in [0.2, 0.25) is 0 Å². The number of hydrogen-bond donors (Lipinski definition) is 1. The molecule has 0 saturated carbocycles. The molecule has 0 fully saturated rings. The smallest absolute Gasteiger partial charge is 0.262 e. The number of fused-ring (bicyclic) bond motifs is 2. The molecule has 29 heavy (non-hydrogen) atoms. The maximum absolute atomic E-state index is 12.8. The molecule has 0 atom stereocenters. The molecule has 3 aromatic carbocycles. The summed E-state index contributed by atoms with van der Waals surface area (Å²) in [6.07, 6.45) is 0. The summed E-state index contributed by atoms with van der Waals surface area (Å²) in [6.45, 7) is 5.68. The molecule has 4 aromatic rings. The van der Waals surface area contributed by atoms with Gasteiger partial charge in [0.15, 0.2) is 6.61 Å². The number of hydrogen-bond acceptors (Lipinski definition) is 4. The predicted octanol–water partition coefficient (Wildman–Crippen LogP) is 4.89. The summed E-state index contributed by atoms with van der Waals surface area (Å²) in [7, 11) is 0. The van der Waals surface area contributed by atoms with Gasteiger partial charge in [-0.05, 0) is 61.7 Å². The van der Waals surface area contributed by atoms with Crippen molar-refractivity contribution in [2.24, 2.45) is 0 Å². The Balaban J connectivity index is 1.60. The van der Waals surface area contributed by atoms with Crippen molar-refractivity contribution in [1.82, 2.24) is 0 Å². The quantitative estimate of drug-likeness (QED) is 0.506. The molecule has 0 bridgehead atoms. The summed E-state index contributed by atoms with van der Waals surface area (Å²) in [6, 6.07) is 16.4. The molecule has 1 N–H and O–H groups in total. The van der Waals surface area contributed by atoms with Gasteiger partial charge in [0.25, 0.3) is 5.91 Å². The number of benzene rings is 3. The minimum atomic E-state index is -0.289. The van der Waals surface area contributed by atoms with E-state index in [2.05, 4.69) is 5.32 Å². The number of amides is 1. The molecule has 0 saturated heterocycles. The molecule has 0 aliphatic heterocycles. The van der Waals surface area contributed by atoms with Gasteiger partial charge in [0, 0.05) is 11.8 Å². The van der Waals surface area contributed by atoms with Crippen LogP contribution in [0.15, 0.2) is 63.8 Å². The van der Waals surface area contributed by atoms with Gasteiger partial charge in [-0.15, -0.1) is 0 Å². The molecular weight excluding hydrogens is 366 g/mol. The largest absolute Gasteiger partial charge is 0.483 e. The number of carbonyl (C=O) groups is 1. The van der Waals surface area contributed by atoms with Gasteiger partial charge in [0.2, 0.25) is 5.43 Å². The lowest BCUT2D eigenvalue weighted by molar-refractivity contribution is -0.118. The summed E-state index contributed by atoms with van der Waals surface area (Å²) in [5.74, 6) is 0.381. The molecule has 5 heteroatoms. The van der Waals surface area contributed by atoms with E-state index in [4.69, 9.17) is 9.15 Å². The lowest BCUT2D eigenvalue weighted by Crippen LogP contribution is -2.20. The van der Waals surface area contributed by atoms with Crippen LogP contribution in [0.5, 0.6) is 5.75 Å². The molecule has 5 nitrogen and oxygen atoms in total. The van der Waals surface area contributed by atoms with Crippen molar-refractivity contribution < 1.29 is 13.9 Å². The average Bonchev–Trinajstić information content (AvgIpc) is 2.68. The molecule has 0 aliphatic carbocycles. The molecule has 0 radical (unpaired) electrons. The van der Waals surface area contributed by atoms with Gasteiger partial charge in [-0.25, -0.2) is 0 Å². The summed E-state index contributed by atoms with van der Waals surface area (Å²) in [4.78, 5) is 25.1. The van der Waals surface area contributed by atoms with Crippen LogP contribution in [0.4, 0.5) is 5.69 Å². The van der Waals surface area contributed by atoms with E-state index in [1.807, 2.05) is 57.2 Å².